The van der Waals surface area contributed by atoms with Crippen molar-refractivity contribution in [3.8, 4) is 5.75 Å². The number of fused-ring (bicyclic) bond motifs is 3. The molecule has 0 aliphatic carbocycles. The summed E-state index contributed by atoms with van der Waals surface area (Å²) in [4.78, 5) is 32.2. The molecule has 0 spiro atoms. The van der Waals surface area contributed by atoms with E-state index < -0.39 is 0 Å². The van der Waals surface area contributed by atoms with Crippen molar-refractivity contribution in [1.29, 1.82) is 0 Å². The number of aromatic nitrogens is 2. The lowest BCUT2D eigenvalue weighted by molar-refractivity contribution is -0.121. The van der Waals surface area contributed by atoms with Crippen LogP contribution in [-0.2, 0) is 11.3 Å². The third kappa shape index (κ3) is 4.28. The second-order valence-electron chi connectivity index (χ2n) is 6.96. The van der Waals surface area contributed by atoms with E-state index in [0.29, 0.717) is 22.9 Å². The minimum absolute atomic E-state index is 0.0761. The first-order valence-corrected chi connectivity index (χ1v) is 9.92. The quantitative estimate of drug-likeness (QED) is 0.336. The summed E-state index contributed by atoms with van der Waals surface area (Å²) in [6.45, 7) is 0.411. The Labute approximate surface area is 178 Å². The number of carbonyl (C=O) groups excluding carboxylic acids is 2. The summed E-state index contributed by atoms with van der Waals surface area (Å²) in [5, 5.41) is 5.06. The highest BCUT2D eigenvalue weighted by molar-refractivity contribution is 6.30. The van der Waals surface area contributed by atoms with Crippen LogP contribution in [0.5, 0.6) is 5.75 Å². The van der Waals surface area contributed by atoms with E-state index in [2.05, 4.69) is 15.3 Å². The molecule has 0 saturated heterocycles. The number of carbonyl (C=O) groups is 2. The number of aromatic amines is 1. The van der Waals surface area contributed by atoms with Crippen LogP contribution in [0.1, 0.15) is 28.8 Å². The van der Waals surface area contributed by atoms with E-state index in [1.54, 1.807) is 19.2 Å². The predicted molar refractivity (Wildman–Crippen MR) is 117 cm³/mol. The number of rotatable bonds is 7. The van der Waals surface area contributed by atoms with E-state index in [1.807, 2.05) is 42.5 Å². The maximum atomic E-state index is 12.6. The van der Waals surface area contributed by atoms with Crippen LogP contribution < -0.4 is 10.1 Å². The van der Waals surface area contributed by atoms with Gasteiger partial charge in [0.05, 0.1) is 7.11 Å². The molecule has 7 heteroatoms. The first-order valence-electron chi connectivity index (χ1n) is 9.54. The molecule has 2 heterocycles. The van der Waals surface area contributed by atoms with Crippen molar-refractivity contribution in [2.24, 2.45) is 0 Å². The number of H-pyrrole nitrogens is 1. The Hall–Kier alpha value is -3.38. The van der Waals surface area contributed by atoms with Gasteiger partial charge in [0, 0.05) is 41.2 Å². The van der Waals surface area contributed by atoms with Crippen molar-refractivity contribution in [2.45, 2.75) is 19.4 Å². The standard InChI is InChI=1S/C23H20ClN3O3/c1-30-16-5-2-14(3-6-16)13-25-22(29)11-9-20(28)15-4-8-19-18(12-15)17-7-10-21(24)27-23(17)26-19/h2-8,10,12H,9,11,13H2,1H3,(H,25,29)(H,26,27). The lowest BCUT2D eigenvalue weighted by Crippen LogP contribution is -2.23. The number of hydrogen-bond acceptors (Lipinski definition) is 4. The van der Waals surface area contributed by atoms with E-state index in [9.17, 15) is 9.59 Å². The van der Waals surface area contributed by atoms with Crippen molar-refractivity contribution < 1.29 is 14.3 Å². The zero-order valence-corrected chi connectivity index (χ0v) is 17.1. The van der Waals surface area contributed by atoms with Gasteiger partial charge < -0.3 is 15.0 Å². The number of ketones is 1. The van der Waals surface area contributed by atoms with Gasteiger partial charge in [-0.25, -0.2) is 4.98 Å². The fraction of sp³-hybridized carbons (Fsp3) is 0.174. The second-order valence-corrected chi connectivity index (χ2v) is 7.35. The van der Waals surface area contributed by atoms with Crippen LogP contribution in [0.2, 0.25) is 5.15 Å². The number of pyridine rings is 1. The summed E-state index contributed by atoms with van der Waals surface area (Å²) < 4.78 is 5.12. The van der Waals surface area contributed by atoms with Crippen molar-refractivity contribution in [1.82, 2.24) is 15.3 Å². The topological polar surface area (TPSA) is 84.1 Å². The number of halogens is 1. The average Bonchev–Trinajstić information content (AvgIpc) is 3.12. The summed E-state index contributed by atoms with van der Waals surface area (Å²) in [6.07, 6.45) is 0.282. The lowest BCUT2D eigenvalue weighted by atomic mass is 10.0. The zero-order valence-electron chi connectivity index (χ0n) is 16.4. The Morgan fingerprint density at radius 3 is 2.60 bits per heavy atom. The molecule has 0 unspecified atom stereocenters. The van der Waals surface area contributed by atoms with Crippen LogP contribution in [0.25, 0.3) is 21.9 Å². The molecule has 0 radical (unpaired) electrons. The first kappa shape index (κ1) is 19.9. The van der Waals surface area contributed by atoms with Gasteiger partial charge in [0.15, 0.2) is 5.78 Å². The molecule has 0 fully saturated rings. The Bertz CT molecular complexity index is 1230. The van der Waals surface area contributed by atoms with E-state index in [1.165, 1.54) is 0 Å². The summed E-state index contributed by atoms with van der Waals surface area (Å²) in [5.41, 5.74) is 3.10. The summed E-state index contributed by atoms with van der Waals surface area (Å²) in [7, 11) is 1.61. The number of ether oxygens (including phenoxy) is 1. The minimum Gasteiger partial charge on any atom is -0.497 e. The Morgan fingerprint density at radius 2 is 1.83 bits per heavy atom. The molecule has 2 aromatic heterocycles. The largest absolute Gasteiger partial charge is 0.497 e. The molecule has 0 aliphatic rings. The molecule has 152 valence electrons. The Kier molecular flexibility index (Phi) is 5.68. The van der Waals surface area contributed by atoms with Gasteiger partial charge in [0.2, 0.25) is 5.91 Å². The zero-order chi connectivity index (χ0) is 21.1. The van der Waals surface area contributed by atoms with Gasteiger partial charge in [-0.05, 0) is 48.0 Å². The molecule has 0 atom stereocenters. The minimum atomic E-state index is -0.161. The van der Waals surface area contributed by atoms with E-state index in [0.717, 1.165) is 27.6 Å². The molecule has 2 aromatic carbocycles. The monoisotopic (exact) mass is 421 g/mol. The maximum absolute atomic E-state index is 12.6. The molecular formula is C23H20ClN3O3. The van der Waals surface area contributed by atoms with Crippen LogP contribution in [0.3, 0.4) is 0 Å². The normalized spacial score (nSPS) is 11.0. The predicted octanol–water partition coefficient (Wildman–Crippen LogP) is 4.66. The van der Waals surface area contributed by atoms with E-state index in [-0.39, 0.29) is 24.5 Å². The Balaban J connectivity index is 1.37. The number of methoxy groups -OCH3 is 1. The molecule has 2 N–H and O–H groups in total. The van der Waals surface area contributed by atoms with Crippen LogP contribution in [0.15, 0.2) is 54.6 Å². The second kappa shape index (κ2) is 8.55. The number of Topliss-reactive ketones (excluding diaryl/α,β-unsaturated/α-hetero) is 1. The number of benzene rings is 2. The smallest absolute Gasteiger partial charge is 0.220 e. The van der Waals surface area contributed by atoms with Crippen LogP contribution in [0, 0.1) is 0 Å². The molecule has 30 heavy (non-hydrogen) atoms. The van der Waals surface area contributed by atoms with Crippen LogP contribution >= 0.6 is 11.6 Å². The maximum Gasteiger partial charge on any atom is 0.220 e. The van der Waals surface area contributed by atoms with Crippen LogP contribution in [-0.4, -0.2) is 28.8 Å². The number of hydrogen-bond donors (Lipinski definition) is 2. The number of nitrogens with one attached hydrogen (secondary N) is 2. The van der Waals surface area contributed by atoms with E-state index in [4.69, 9.17) is 16.3 Å². The third-order valence-corrected chi connectivity index (χ3v) is 5.18. The molecule has 4 aromatic rings. The molecule has 0 bridgehead atoms. The van der Waals surface area contributed by atoms with Gasteiger partial charge >= 0.3 is 0 Å². The first-order chi connectivity index (χ1) is 14.5. The molecule has 6 nitrogen and oxygen atoms in total. The van der Waals surface area contributed by atoms with E-state index >= 15 is 0 Å². The summed E-state index contributed by atoms with van der Waals surface area (Å²) in [5.74, 6) is 0.528. The Morgan fingerprint density at radius 1 is 1.03 bits per heavy atom. The van der Waals surface area contributed by atoms with Gasteiger partial charge in [-0.15, -0.1) is 0 Å². The lowest BCUT2D eigenvalue weighted by Gasteiger charge is -2.06. The molecule has 1 amide bonds. The van der Waals surface area contributed by atoms with Crippen molar-refractivity contribution in [3.05, 3.63) is 70.9 Å². The van der Waals surface area contributed by atoms with Crippen LogP contribution in [0.4, 0.5) is 0 Å². The van der Waals surface area contributed by atoms with Crippen molar-refractivity contribution in [2.75, 3.05) is 7.11 Å². The molecule has 4 rings (SSSR count). The molecular weight excluding hydrogens is 402 g/mol. The highest BCUT2D eigenvalue weighted by Gasteiger charge is 2.12. The fourth-order valence-corrected chi connectivity index (χ4v) is 3.48. The van der Waals surface area contributed by atoms with Gasteiger partial charge in [0.25, 0.3) is 0 Å². The number of amides is 1. The van der Waals surface area contributed by atoms with Crippen molar-refractivity contribution >= 4 is 45.2 Å². The fourth-order valence-electron chi connectivity index (χ4n) is 3.33. The summed E-state index contributed by atoms with van der Waals surface area (Å²) >= 11 is 5.95. The highest BCUT2D eigenvalue weighted by atomic mass is 35.5. The van der Waals surface area contributed by atoms with Gasteiger partial charge in [0.1, 0.15) is 16.5 Å². The van der Waals surface area contributed by atoms with Crippen molar-refractivity contribution in [3.63, 3.8) is 0 Å². The molecule has 0 aliphatic heterocycles. The SMILES string of the molecule is COc1ccc(CNC(=O)CCC(=O)c2ccc3[nH]c4nc(Cl)ccc4c3c2)cc1. The summed E-state index contributed by atoms with van der Waals surface area (Å²) in [6, 6.07) is 16.5. The van der Waals surface area contributed by atoms with Gasteiger partial charge in [-0.2, -0.15) is 0 Å². The third-order valence-electron chi connectivity index (χ3n) is 4.97. The average molecular weight is 422 g/mol. The van der Waals surface area contributed by atoms with Gasteiger partial charge in [-0.3, -0.25) is 9.59 Å². The highest BCUT2D eigenvalue weighted by Crippen LogP contribution is 2.26. The number of nitrogens with zero attached hydrogens (tertiary/aromatic N) is 1. The van der Waals surface area contributed by atoms with Gasteiger partial charge in [-0.1, -0.05) is 23.7 Å². The molecule has 0 saturated carbocycles.